The minimum atomic E-state index is 0.196. The number of aromatic nitrogens is 2. The van der Waals surface area contributed by atoms with E-state index in [0.29, 0.717) is 6.42 Å². The van der Waals surface area contributed by atoms with Gasteiger partial charge in [-0.05, 0) is 56.0 Å². The molecule has 0 spiro atoms. The van der Waals surface area contributed by atoms with Crippen LogP contribution in [-0.2, 0) is 17.6 Å². The van der Waals surface area contributed by atoms with Crippen LogP contribution in [0.1, 0.15) is 28.9 Å². The number of benzene rings is 2. The van der Waals surface area contributed by atoms with Crippen LogP contribution in [0.15, 0.2) is 54.6 Å². The van der Waals surface area contributed by atoms with Gasteiger partial charge in [0.05, 0.1) is 11.4 Å². The lowest BCUT2D eigenvalue weighted by molar-refractivity contribution is -0.118. The van der Waals surface area contributed by atoms with E-state index in [1.807, 2.05) is 52.9 Å². The second kappa shape index (κ2) is 6.79. The van der Waals surface area contributed by atoms with Crippen molar-refractivity contribution < 1.29 is 4.79 Å². The van der Waals surface area contributed by atoms with E-state index < -0.39 is 0 Å². The third-order valence-corrected chi connectivity index (χ3v) is 5.22. The zero-order valence-corrected chi connectivity index (χ0v) is 15.3. The van der Waals surface area contributed by atoms with Crippen LogP contribution in [0.3, 0.4) is 0 Å². The van der Waals surface area contributed by atoms with Crippen molar-refractivity contribution in [3.63, 3.8) is 0 Å². The molecule has 0 saturated carbocycles. The highest BCUT2D eigenvalue weighted by Gasteiger charge is 2.24. The van der Waals surface area contributed by atoms with E-state index in [1.54, 1.807) is 0 Å². The molecule has 0 atom stereocenters. The van der Waals surface area contributed by atoms with E-state index in [9.17, 15) is 4.79 Å². The monoisotopic (exact) mass is 345 g/mol. The van der Waals surface area contributed by atoms with Gasteiger partial charge in [-0.2, -0.15) is 5.10 Å². The number of hydrogen-bond donors (Lipinski definition) is 0. The van der Waals surface area contributed by atoms with Gasteiger partial charge in [-0.15, -0.1) is 0 Å². The van der Waals surface area contributed by atoms with Gasteiger partial charge < -0.3 is 4.90 Å². The molecule has 1 aliphatic heterocycles. The number of amides is 1. The molecular weight excluding hydrogens is 322 g/mol. The normalized spacial score (nSPS) is 13.1. The lowest BCUT2D eigenvalue weighted by Crippen LogP contribution is -2.29. The third-order valence-electron chi connectivity index (χ3n) is 5.22. The summed E-state index contributed by atoms with van der Waals surface area (Å²) >= 11 is 0. The summed E-state index contributed by atoms with van der Waals surface area (Å²) in [7, 11) is 0. The maximum absolute atomic E-state index is 12.8. The van der Waals surface area contributed by atoms with Gasteiger partial charge >= 0.3 is 0 Å². The number of carbonyl (C=O) groups excluding carboxylic acids is 1. The van der Waals surface area contributed by atoms with Gasteiger partial charge in [0.25, 0.3) is 0 Å². The van der Waals surface area contributed by atoms with E-state index in [0.717, 1.165) is 42.1 Å². The lowest BCUT2D eigenvalue weighted by Gasteiger charge is -2.17. The topological polar surface area (TPSA) is 38.1 Å². The van der Waals surface area contributed by atoms with Gasteiger partial charge in [0, 0.05) is 24.3 Å². The van der Waals surface area contributed by atoms with Crippen LogP contribution in [0, 0.1) is 13.8 Å². The molecular formula is C22H23N3O. The molecule has 0 fully saturated rings. The minimum absolute atomic E-state index is 0.196. The van der Waals surface area contributed by atoms with Gasteiger partial charge in [0.15, 0.2) is 0 Å². The Hall–Kier alpha value is -2.88. The van der Waals surface area contributed by atoms with Crippen molar-refractivity contribution in [2.45, 2.75) is 33.1 Å². The zero-order valence-electron chi connectivity index (χ0n) is 15.3. The third kappa shape index (κ3) is 2.92. The van der Waals surface area contributed by atoms with E-state index in [-0.39, 0.29) is 5.91 Å². The van der Waals surface area contributed by atoms with Crippen molar-refractivity contribution in [3.8, 4) is 5.69 Å². The van der Waals surface area contributed by atoms with Crippen molar-refractivity contribution in [3.05, 3.63) is 77.1 Å². The summed E-state index contributed by atoms with van der Waals surface area (Å²) in [5, 5.41) is 4.68. The average Bonchev–Trinajstić information content (AvgIpc) is 3.22. The first-order valence-corrected chi connectivity index (χ1v) is 9.14. The minimum Gasteiger partial charge on any atom is -0.312 e. The quantitative estimate of drug-likeness (QED) is 0.716. The Balaban J connectivity index is 1.51. The van der Waals surface area contributed by atoms with Crippen LogP contribution in [0.25, 0.3) is 5.69 Å². The Labute approximate surface area is 154 Å². The SMILES string of the molecule is Cc1nn(-c2ccccc2)c(C)c1CCC(=O)N1CCc2ccccc21. The fourth-order valence-electron chi connectivity index (χ4n) is 3.82. The lowest BCUT2D eigenvalue weighted by atomic mass is 10.1. The smallest absolute Gasteiger partial charge is 0.227 e. The molecule has 2 heterocycles. The zero-order chi connectivity index (χ0) is 18.1. The summed E-state index contributed by atoms with van der Waals surface area (Å²) in [6.45, 7) is 4.90. The van der Waals surface area contributed by atoms with Crippen LogP contribution < -0.4 is 4.90 Å². The van der Waals surface area contributed by atoms with Crippen molar-refractivity contribution >= 4 is 11.6 Å². The first kappa shape index (κ1) is 16.6. The van der Waals surface area contributed by atoms with Crippen molar-refractivity contribution in [1.82, 2.24) is 9.78 Å². The van der Waals surface area contributed by atoms with E-state index >= 15 is 0 Å². The molecule has 132 valence electrons. The highest BCUT2D eigenvalue weighted by molar-refractivity contribution is 5.95. The van der Waals surface area contributed by atoms with Gasteiger partial charge in [-0.1, -0.05) is 36.4 Å². The Morgan fingerprint density at radius 1 is 1.04 bits per heavy atom. The largest absolute Gasteiger partial charge is 0.312 e. The molecule has 4 nitrogen and oxygen atoms in total. The highest BCUT2D eigenvalue weighted by Crippen LogP contribution is 2.28. The molecule has 0 N–H and O–H groups in total. The fourth-order valence-corrected chi connectivity index (χ4v) is 3.82. The standard InChI is InChI=1S/C22H23N3O/c1-16-20(17(2)25(23-16)19-9-4-3-5-10-19)12-13-22(26)24-15-14-18-8-6-7-11-21(18)24/h3-11H,12-15H2,1-2H3. The Kier molecular flexibility index (Phi) is 4.33. The van der Waals surface area contributed by atoms with E-state index in [4.69, 9.17) is 0 Å². The fraction of sp³-hybridized carbons (Fsp3) is 0.273. The number of fused-ring (bicyclic) bond motifs is 1. The highest BCUT2D eigenvalue weighted by atomic mass is 16.2. The van der Waals surface area contributed by atoms with Crippen LogP contribution in [0.2, 0.25) is 0 Å². The molecule has 4 heteroatoms. The van der Waals surface area contributed by atoms with Crippen molar-refractivity contribution in [1.29, 1.82) is 0 Å². The van der Waals surface area contributed by atoms with Gasteiger partial charge in [0.1, 0.15) is 0 Å². The molecule has 1 amide bonds. The molecule has 3 aromatic rings. The molecule has 0 aliphatic carbocycles. The summed E-state index contributed by atoms with van der Waals surface area (Å²) in [6, 6.07) is 18.3. The number of hydrogen-bond acceptors (Lipinski definition) is 2. The molecule has 26 heavy (non-hydrogen) atoms. The average molecular weight is 345 g/mol. The summed E-state index contributed by atoms with van der Waals surface area (Å²) < 4.78 is 1.97. The first-order valence-electron chi connectivity index (χ1n) is 9.14. The number of rotatable bonds is 4. The maximum atomic E-state index is 12.8. The number of aryl methyl sites for hydroxylation is 1. The molecule has 1 aliphatic rings. The van der Waals surface area contributed by atoms with E-state index in [1.165, 1.54) is 11.1 Å². The Bertz CT molecular complexity index is 943. The summed E-state index contributed by atoms with van der Waals surface area (Å²) in [6.07, 6.45) is 2.18. The second-order valence-electron chi connectivity index (χ2n) is 6.82. The van der Waals surface area contributed by atoms with Crippen LogP contribution in [-0.4, -0.2) is 22.2 Å². The van der Waals surface area contributed by atoms with Crippen molar-refractivity contribution in [2.75, 3.05) is 11.4 Å². The predicted octanol–water partition coefficient (Wildman–Crippen LogP) is 4.01. The second-order valence-corrected chi connectivity index (χ2v) is 6.82. The molecule has 0 unspecified atom stereocenters. The molecule has 0 radical (unpaired) electrons. The van der Waals surface area contributed by atoms with Gasteiger partial charge in [-0.3, -0.25) is 4.79 Å². The maximum Gasteiger partial charge on any atom is 0.227 e. The predicted molar refractivity (Wildman–Crippen MR) is 104 cm³/mol. The number of nitrogens with zero attached hydrogens (tertiary/aromatic N) is 3. The Morgan fingerprint density at radius 3 is 2.58 bits per heavy atom. The first-order chi connectivity index (χ1) is 12.6. The number of carbonyl (C=O) groups is 1. The molecule has 1 aromatic heterocycles. The van der Waals surface area contributed by atoms with E-state index in [2.05, 4.69) is 30.2 Å². The summed E-state index contributed by atoms with van der Waals surface area (Å²) in [5.74, 6) is 0.196. The number of anilines is 1. The Morgan fingerprint density at radius 2 is 1.77 bits per heavy atom. The van der Waals surface area contributed by atoms with Crippen LogP contribution in [0.5, 0.6) is 0 Å². The van der Waals surface area contributed by atoms with Gasteiger partial charge in [-0.25, -0.2) is 4.68 Å². The molecule has 4 rings (SSSR count). The summed E-state index contributed by atoms with van der Waals surface area (Å²) in [4.78, 5) is 14.7. The molecule has 0 bridgehead atoms. The molecule has 2 aromatic carbocycles. The molecule has 0 saturated heterocycles. The summed E-state index contributed by atoms with van der Waals surface area (Å²) in [5.41, 5.74) is 6.69. The number of para-hydroxylation sites is 2. The van der Waals surface area contributed by atoms with Crippen LogP contribution >= 0.6 is 0 Å². The van der Waals surface area contributed by atoms with Crippen molar-refractivity contribution in [2.24, 2.45) is 0 Å². The van der Waals surface area contributed by atoms with Gasteiger partial charge in [0.2, 0.25) is 5.91 Å². The van der Waals surface area contributed by atoms with Crippen LogP contribution in [0.4, 0.5) is 5.69 Å².